The van der Waals surface area contributed by atoms with Crippen molar-refractivity contribution in [3.05, 3.63) is 119 Å². The monoisotopic (exact) mass is 453 g/mol. The van der Waals surface area contributed by atoms with Gasteiger partial charge >= 0.3 is 0 Å². The molecular formula is C27H23N3O2S. The molecule has 0 radical (unpaired) electrons. The fourth-order valence-electron chi connectivity index (χ4n) is 3.35. The Bertz CT molecular complexity index is 1360. The third-order valence-electron chi connectivity index (χ3n) is 4.93. The molecule has 0 fully saturated rings. The van der Waals surface area contributed by atoms with E-state index in [1.54, 1.807) is 34.9 Å². The van der Waals surface area contributed by atoms with Crippen molar-refractivity contribution in [3.63, 3.8) is 0 Å². The molecule has 0 aliphatic heterocycles. The Morgan fingerprint density at radius 2 is 1.76 bits per heavy atom. The molecule has 1 amide bonds. The van der Waals surface area contributed by atoms with Gasteiger partial charge in [-0.3, -0.25) is 14.2 Å². The van der Waals surface area contributed by atoms with Crippen LogP contribution in [-0.2, 0) is 11.3 Å². The molecule has 0 bridgehead atoms. The predicted molar refractivity (Wildman–Crippen MR) is 137 cm³/mol. The van der Waals surface area contributed by atoms with Gasteiger partial charge in [0.15, 0.2) is 5.16 Å². The fourth-order valence-corrected chi connectivity index (χ4v) is 4.08. The van der Waals surface area contributed by atoms with Crippen LogP contribution in [0.15, 0.2) is 108 Å². The van der Waals surface area contributed by atoms with Gasteiger partial charge in [0.25, 0.3) is 5.56 Å². The first-order chi connectivity index (χ1) is 16.1. The zero-order valence-corrected chi connectivity index (χ0v) is 18.8. The summed E-state index contributed by atoms with van der Waals surface area (Å²) in [5, 5.41) is 3.92. The lowest BCUT2D eigenvalue weighted by molar-refractivity contribution is -0.111. The fraction of sp³-hybridized carbons (Fsp3) is 0.0741. The predicted octanol–water partition coefficient (Wildman–Crippen LogP) is 5.37. The molecule has 0 spiro atoms. The number of carbonyl (C=O) groups is 1. The molecule has 164 valence electrons. The summed E-state index contributed by atoms with van der Waals surface area (Å²) < 4.78 is 1.67. The molecular weight excluding hydrogens is 430 g/mol. The Morgan fingerprint density at radius 1 is 1.03 bits per heavy atom. The third kappa shape index (κ3) is 5.67. The van der Waals surface area contributed by atoms with E-state index in [1.807, 2.05) is 60.7 Å². The average molecular weight is 454 g/mol. The van der Waals surface area contributed by atoms with E-state index in [4.69, 9.17) is 4.98 Å². The molecule has 0 aliphatic carbocycles. The number of carbonyl (C=O) groups excluding carboxylic acids is 1. The van der Waals surface area contributed by atoms with E-state index >= 15 is 0 Å². The second-order valence-corrected chi connectivity index (χ2v) is 8.32. The SMILES string of the molecule is C=CCSc1nc2ccc(NC(=O)/C=C/c3ccccc3)cc2c(=O)n1Cc1ccccc1. The zero-order chi connectivity index (χ0) is 23.0. The first-order valence-corrected chi connectivity index (χ1v) is 11.5. The number of amides is 1. The Kier molecular flexibility index (Phi) is 7.17. The number of anilines is 1. The largest absolute Gasteiger partial charge is 0.322 e. The summed E-state index contributed by atoms with van der Waals surface area (Å²) in [6.45, 7) is 4.18. The number of nitrogens with one attached hydrogen (secondary N) is 1. The number of hydrogen-bond donors (Lipinski definition) is 1. The smallest absolute Gasteiger partial charge is 0.262 e. The number of rotatable bonds is 8. The molecule has 4 rings (SSSR count). The zero-order valence-electron chi connectivity index (χ0n) is 18.0. The van der Waals surface area contributed by atoms with Crippen LogP contribution in [0.1, 0.15) is 11.1 Å². The van der Waals surface area contributed by atoms with E-state index in [1.165, 1.54) is 17.8 Å². The summed E-state index contributed by atoms with van der Waals surface area (Å²) in [4.78, 5) is 30.5. The maximum Gasteiger partial charge on any atom is 0.262 e. The van der Waals surface area contributed by atoms with Crippen LogP contribution in [0.2, 0.25) is 0 Å². The van der Waals surface area contributed by atoms with Crippen molar-refractivity contribution in [2.24, 2.45) is 0 Å². The molecule has 6 heteroatoms. The Labute approximate surface area is 196 Å². The minimum absolute atomic E-state index is 0.147. The first-order valence-electron chi connectivity index (χ1n) is 10.5. The van der Waals surface area contributed by atoms with Crippen molar-refractivity contribution >= 4 is 40.3 Å². The highest BCUT2D eigenvalue weighted by Crippen LogP contribution is 2.21. The summed E-state index contributed by atoms with van der Waals surface area (Å²) >= 11 is 1.47. The van der Waals surface area contributed by atoms with Gasteiger partial charge in [-0.2, -0.15) is 0 Å². The highest BCUT2D eigenvalue weighted by molar-refractivity contribution is 7.99. The van der Waals surface area contributed by atoms with Crippen LogP contribution in [-0.4, -0.2) is 21.2 Å². The quantitative estimate of drug-likeness (QED) is 0.168. The van der Waals surface area contributed by atoms with Crippen LogP contribution in [0.25, 0.3) is 17.0 Å². The molecule has 3 aromatic carbocycles. The third-order valence-corrected chi connectivity index (χ3v) is 5.90. The van der Waals surface area contributed by atoms with Crippen molar-refractivity contribution in [3.8, 4) is 0 Å². The van der Waals surface area contributed by atoms with Crippen LogP contribution in [0, 0.1) is 0 Å². The number of nitrogens with zero attached hydrogens (tertiary/aromatic N) is 2. The molecule has 0 unspecified atom stereocenters. The summed E-state index contributed by atoms with van der Waals surface area (Å²) in [6.07, 6.45) is 5.00. The van der Waals surface area contributed by atoms with Gasteiger partial charge in [0.1, 0.15) is 0 Å². The van der Waals surface area contributed by atoms with Crippen molar-refractivity contribution < 1.29 is 4.79 Å². The van der Waals surface area contributed by atoms with Gasteiger partial charge < -0.3 is 5.32 Å². The maximum atomic E-state index is 13.4. The van der Waals surface area contributed by atoms with Crippen LogP contribution in [0.4, 0.5) is 5.69 Å². The van der Waals surface area contributed by atoms with Crippen molar-refractivity contribution in [1.29, 1.82) is 0 Å². The lowest BCUT2D eigenvalue weighted by atomic mass is 10.2. The minimum atomic E-state index is -0.270. The van der Waals surface area contributed by atoms with Crippen molar-refractivity contribution in [2.75, 3.05) is 11.1 Å². The van der Waals surface area contributed by atoms with Crippen LogP contribution < -0.4 is 10.9 Å². The standard InChI is InChI=1S/C27H23N3O2S/c1-2-17-33-27-29-24-15-14-22(28-25(31)16-13-20-9-5-3-6-10-20)18-23(24)26(32)30(27)19-21-11-7-4-8-12-21/h2-16,18H,1,17,19H2,(H,28,31)/b16-13+. The van der Waals surface area contributed by atoms with Gasteiger partial charge in [0, 0.05) is 17.5 Å². The van der Waals surface area contributed by atoms with Gasteiger partial charge in [0.2, 0.25) is 5.91 Å². The summed E-state index contributed by atoms with van der Waals surface area (Å²) in [5.41, 5.74) is 2.93. The molecule has 0 aliphatic rings. The Hall–Kier alpha value is -3.90. The summed E-state index contributed by atoms with van der Waals surface area (Å²) in [5.74, 6) is 0.378. The van der Waals surface area contributed by atoms with Gasteiger partial charge in [-0.1, -0.05) is 78.5 Å². The maximum absolute atomic E-state index is 13.4. The van der Waals surface area contributed by atoms with E-state index in [0.29, 0.717) is 34.0 Å². The molecule has 0 saturated heterocycles. The molecule has 0 atom stereocenters. The molecule has 1 heterocycles. The summed E-state index contributed by atoms with van der Waals surface area (Å²) in [6, 6.07) is 24.6. The number of thioether (sulfide) groups is 1. The molecule has 33 heavy (non-hydrogen) atoms. The number of fused-ring (bicyclic) bond motifs is 1. The van der Waals surface area contributed by atoms with Crippen molar-refractivity contribution in [2.45, 2.75) is 11.7 Å². The second kappa shape index (κ2) is 10.6. The highest BCUT2D eigenvalue weighted by Gasteiger charge is 2.13. The van der Waals surface area contributed by atoms with E-state index < -0.39 is 0 Å². The lowest BCUT2D eigenvalue weighted by Crippen LogP contribution is -2.24. The molecule has 5 nitrogen and oxygen atoms in total. The lowest BCUT2D eigenvalue weighted by Gasteiger charge is -2.13. The van der Waals surface area contributed by atoms with E-state index in [9.17, 15) is 9.59 Å². The number of benzene rings is 3. The molecule has 1 N–H and O–H groups in total. The number of hydrogen-bond acceptors (Lipinski definition) is 4. The van der Waals surface area contributed by atoms with Crippen molar-refractivity contribution in [1.82, 2.24) is 9.55 Å². The first kappa shape index (κ1) is 22.3. The van der Waals surface area contributed by atoms with Gasteiger partial charge in [-0.05, 0) is 35.4 Å². The molecule has 1 aromatic heterocycles. The Balaban J connectivity index is 1.65. The van der Waals surface area contributed by atoms with E-state index in [0.717, 1.165) is 11.1 Å². The molecule has 0 saturated carbocycles. The van der Waals surface area contributed by atoms with Gasteiger partial charge in [0.05, 0.1) is 17.4 Å². The molecule has 4 aromatic rings. The van der Waals surface area contributed by atoms with Crippen LogP contribution in [0.5, 0.6) is 0 Å². The van der Waals surface area contributed by atoms with Crippen LogP contribution in [0.3, 0.4) is 0 Å². The summed E-state index contributed by atoms with van der Waals surface area (Å²) in [7, 11) is 0. The average Bonchev–Trinajstić information content (AvgIpc) is 2.85. The van der Waals surface area contributed by atoms with Gasteiger partial charge in [-0.15, -0.1) is 6.58 Å². The van der Waals surface area contributed by atoms with E-state index in [-0.39, 0.29) is 11.5 Å². The Morgan fingerprint density at radius 3 is 2.48 bits per heavy atom. The van der Waals surface area contributed by atoms with E-state index in [2.05, 4.69) is 11.9 Å². The van der Waals surface area contributed by atoms with Gasteiger partial charge in [-0.25, -0.2) is 4.98 Å². The van der Waals surface area contributed by atoms with Crippen LogP contribution >= 0.6 is 11.8 Å². The normalized spacial score (nSPS) is 11.0. The second-order valence-electron chi connectivity index (χ2n) is 7.34. The number of aromatic nitrogens is 2. The highest BCUT2D eigenvalue weighted by atomic mass is 32.2. The topological polar surface area (TPSA) is 64.0 Å². The minimum Gasteiger partial charge on any atom is -0.322 e.